The van der Waals surface area contributed by atoms with Gasteiger partial charge in [0, 0.05) is 61.0 Å². The molecule has 3 atom stereocenters. The zero-order chi connectivity index (χ0) is 30.5. The maximum absolute atomic E-state index is 13.6. The molecule has 1 aliphatic heterocycles. The van der Waals surface area contributed by atoms with Crippen molar-refractivity contribution in [3.63, 3.8) is 0 Å². The first kappa shape index (κ1) is 30.3. The van der Waals surface area contributed by atoms with Gasteiger partial charge in [0.2, 0.25) is 11.8 Å². The van der Waals surface area contributed by atoms with Gasteiger partial charge in [0.15, 0.2) is 0 Å². The number of ether oxygens (including phenoxy) is 1. The molecule has 0 saturated heterocycles. The molecule has 3 aromatic carbocycles. The molecule has 0 saturated carbocycles. The van der Waals surface area contributed by atoms with Crippen LogP contribution < -0.4 is 10.1 Å². The second-order valence-corrected chi connectivity index (χ2v) is 11.9. The highest BCUT2D eigenvalue weighted by Crippen LogP contribution is 2.30. The van der Waals surface area contributed by atoms with Gasteiger partial charge in [-0.15, -0.1) is 0 Å². The van der Waals surface area contributed by atoms with Gasteiger partial charge < -0.3 is 24.6 Å². The molecule has 8 heteroatoms. The molecule has 2 amide bonds. The van der Waals surface area contributed by atoms with Crippen LogP contribution in [0.5, 0.6) is 5.75 Å². The van der Waals surface area contributed by atoms with E-state index in [0.29, 0.717) is 30.1 Å². The van der Waals surface area contributed by atoms with Gasteiger partial charge in [-0.1, -0.05) is 55.5 Å². The third-order valence-corrected chi connectivity index (χ3v) is 8.32. The number of carbonyl (C=O) groups excluding carboxylic acids is 2. The quantitative estimate of drug-likeness (QED) is 0.300. The van der Waals surface area contributed by atoms with Gasteiger partial charge in [-0.3, -0.25) is 14.5 Å². The van der Waals surface area contributed by atoms with Crippen LogP contribution in [0.3, 0.4) is 0 Å². The third-order valence-electron chi connectivity index (χ3n) is 8.32. The molecule has 5 rings (SSSR count). The molecule has 2 heterocycles. The highest BCUT2D eigenvalue weighted by molar-refractivity contribution is 5.96. The monoisotopic (exact) mass is 582 g/mol. The summed E-state index contributed by atoms with van der Waals surface area (Å²) in [6, 6.07) is 23.6. The average molecular weight is 583 g/mol. The van der Waals surface area contributed by atoms with Crippen LogP contribution in [-0.4, -0.2) is 70.2 Å². The lowest BCUT2D eigenvalue weighted by atomic mass is 10.0. The van der Waals surface area contributed by atoms with Gasteiger partial charge in [0.25, 0.3) is 0 Å². The Morgan fingerprint density at radius 1 is 1.12 bits per heavy atom. The first-order chi connectivity index (χ1) is 20.7. The largest absolute Gasteiger partial charge is 0.488 e. The number of likely N-dealkylation sites (N-methyl/N-ethyl adjacent to an activating group) is 1. The number of hydrogen-bond acceptors (Lipinski definition) is 5. The lowest BCUT2D eigenvalue weighted by Crippen LogP contribution is -2.47. The smallest absolute Gasteiger partial charge is 0.228 e. The summed E-state index contributed by atoms with van der Waals surface area (Å²) >= 11 is 0. The van der Waals surface area contributed by atoms with Gasteiger partial charge in [0.1, 0.15) is 11.9 Å². The predicted octanol–water partition coefficient (Wildman–Crippen LogP) is 4.64. The molecule has 8 nitrogen and oxygen atoms in total. The van der Waals surface area contributed by atoms with Gasteiger partial charge in [-0.05, 0) is 49.4 Å². The zero-order valence-electron chi connectivity index (χ0n) is 25.5. The minimum Gasteiger partial charge on any atom is -0.488 e. The van der Waals surface area contributed by atoms with Crippen LogP contribution in [0.15, 0.2) is 79.0 Å². The number of carbonyl (C=O) groups is 2. The number of nitrogens with one attached hydrogen (secondary N) is 1. The minimum absolute atomic E-state index is 0.0159. The Kier molecular flexibility index (Phi) is 9.48. The van der Waals surface area contributed by atoms with Crippen LogP contribution in [0.25, 0.3) is 10.9 Å². The molecule has 226 valence electrons. The highest BCUT2D eigenvalue weighted by Gasteiger charge is 2.31. The molecule has 0 spiro atoms. The van der Waals surface area contributed by atoms with Crippen LogP contribution in [0, 0.1) is 5.92 Å². The molecule has 0 unspecified atom stereocenters. The number of aliphatic hydroxyl groups is 1. The van der Waals surface area contributed by atoms with Crippen molar-refractivity contribution < 1.29 is 19.4 Å². The second-order valence-electron chi connectivity index (χ2n) is 11.9. The lowest BCUT2D eigenvalue weighted by Gasteiger charge is -2.34. The Morgan fingerprint density at radius 3 is 2.63 bits per heavy atom. The van der Waals surface area contributed by atoms with Gasteiger partial charge in [-0.25, -0.2) is 0 Å². The number of nitrogens with zero attached hydrogens (tertiary/aromatic N) is 3. The number of para-hydroxylation sites is 1. The van der Waals surface area contributed by atoms with Crippen molar-refractivity contribution in [2.24, 2.45) is 13.0 Å². The number of aryl methyl sites for hydroxylation is 1. The second kappa shape index (κ2) is 13.4. The first-order valence-corrected chi connectivity index (χ1v) is 15.0. The van der Waals surface area contributed by atoms with E-state index < -0.39 is 0 Å². The number of benzene rings is 3. The van der Waals surface area contributed by atoms with E-state index in [9.17, 15) is 14.7 Å². The first-order valence-electron chi connectivity index (χ1n) is 15.0. The fourth-order valence-corrected chi connectivity index (χ4v) is 5.94. The summed E-state index contributed by atoms with van der Waals surface area (Å²) in [6.07, 6.45) is 2.15. The fraction of sp³-hybridized carbons (Fsp3) is 0.371. The molecular formula is C35H42N4O4. The van der Waals surface area contributed by atoms with Crippen molar-refractivity contribution in [1.29, 1.82) is 0 Å². The Bertz CT molecular complexity index is 1570. The van der Waals surface area contributed by atoms with Crippen LogP contribution >= 0.6 is 0 Å². The van der Waals surface area contributed by atoms with Gasteiger partial charge in [-0.2, -0.15) is 0 Å². The Hall–Kier alpha value is -4.14. The number of aromatic nitrogens is 1. The van der Waals surface area contributed by atoms with E-state index in [1.807, 2.05) is 85.4 Å². The normalized spacial score (nSPS) is 18.0. The van der Waals surface area contributed by atoms with Crippen molar-refractivity contribution in [2.45, 2.75) is 45.4 Å². The molecule has 0 aliphatic carbocycles. The van der Waals surface area contributed by atoms with Crippen LogP contribution in [0.4, 0.5) is 5.69 Å². The molecule has 0 fully saturated rings. The summed E-state index contributed by atoms with van der Waals surface area (Å²) < 4.78 is 8.69. The van der Waals surface area contributed by atoms with E-state index in [-0.39, 0.29) is 49.3 Å². The van der Waals surface area contributed by atoms with E-state index in [1.165, 1.54) is 5.56 Å². The standard InChI is InChI=1S/C35H42N4O4/c1-24-19-39(25(2)23-40)35(42)18-27-16-29(36-34(41)17-28-21-38(4)31-13-9-8-12-30(28)31)14-15-32(27)43-33(24)22-37(3)20-26-10-6-5-7-11-26/h5-16,21,24-25,33,40H,17-20,22-23H2,1-4H3,(H,36,41)/t24-,25-,33-/m1/s1. The SMILES string of the molecule is C[C@@H]1CN([C@H](C)CO)C(=O)Cc2cc(NC(=O)Cc3cn(C)c4ccccc34)ccc2O[C@@H]1CN(C)Cc1ccccc1. The summed E-state index contributed by atoms with van der Waals surface area (Å²) in [5, 5.41) is 14.0. The molecule has 43 heavy (non-hydrogen) atoms. The van der Waals surface area contributed by atoms with E-state index in [2.05, 4.69) is 36.3 Å². The van der Waals surface area contributed by atoms with Crippen molar-refractivity contribution in [2.75, 3.05) is 32.1 Å². The number of rotatable bonds is 9. The molecule has 0 bridgehead atoms. The Morgan fingerprint density at radius 2 is 1.86 bits per heavy atom. The number of aliphatic hydroxyl groups excluding tert-OH is 1. The third kappa shape index (κ3) is 7.27. The number of hydrogen-bond donors (Lipinski definition) is 2. The van der Waals surface area contributed by atoms with E-state index in [0.717, 1.165) is 23.0 Å². The average Bonchev–Trinajstić information content (AvgIpc) is 3.32. The summed E-state index contributed by atoms with van der Waals surface area (Å²) in [7, 11) is 4.05. The summed E-state index contributed by atoms with van der Waals surface area (Å²) in [5.41, 5.74) is 4.59. The van der Waals surface area contributed by atoms with Crippen LogP contribution in [0.1, 0.15) is 30.5 Å². The number of anilines is 1. The van der Waals surface area contributed by atoms with E-state index in [1.54, 1.807) is 4.90 Å². The lowest BCUT2D eigenvalue weighted by molar-refractivity contribution is -0.134. The van der Waals surface area contributed by atoms with E-state index in [4.69, 9.17) is 4.74 Å². The Labute approximate surface area is 253 Å². The molecule has 1 aromatic heterocycles. The van der Waals surface area contributed by atoms with Gasteiger partial charge in [0.05, 0.1) is 25.5 Å². The van der Waals surface area contributed by atoms with Crippen molar-refractivity contribution in [1.82, 2.24) is 14.4 Å². The summed E-state index contributed by atoms with van der Waals surface area (Å²) in [5.74, 6) is 0.456. The number of amides is 2. The van der Waals surface area contributed by atoms with Crippen LogP contribution in [0.2, 0.25) is 0 Å². The summed E-state index contributed by atoms with van der Waals surface area (Å²) in [4.78, 5) is 30.7. The maximum atomic E-state index is 13.6. The topological polar surface area (TPSA) is 87.0 Å². The van der Waals surface area contributed by atoms with E-state index >= 15 is 0 Å². The zero-order valence-corrected chi connectivity index (χ0v) is 25.5. The highest BCUT2D eigenvalue weighted by atomic mass is 16.5. The molecular weight excluding hydrogens is 540 g/mol. The molecule has 4 aromatic rings. The minimum atomic E-state index is -0.317. The van der Waals surface area contributed by atoms with Crippen molar-refractivity contribution in [3.05, 3.63) is 95.7 Å². The van der Waals surface area contributed by atoms with Crippen LogP contribution in [-0.2, 0) is 36.0 Å². The maximum Gasteiger partial charge on any atom is 0.228 e. The number of fused-ring (bicyclic) bond motifs is 2. The molecule has 0 radical (unpaired) electrons. The Balaban J connectivity index is 1.37. The van der Waals surface area contributed by atoms with Crippen molar-refractivity contribution in [3.8, 4) is 5.75 Å². The predicted molar refractivity (Wildman–Crippen MR) is 170 cm³/mol. The summed E-state index contributed by atoms with van der Waals surface area (Å²) in [6.45, 7) is 5.76. The molecule has 1 aliphatic rings. The van der Waals surface area contributed by atoms with Crippen molar-refractivity contribution >= 4 is 28.4 Å². The fourth-order valence-electron chi connectivity index (χ4n) is 5.94. The molecule has 2 N–H and O–H groups in total. The van der Waals surface area contributed by atoms with Gasteiger partial charge >= 0.3 is 0 Å².